The molecule has 1 aliphatic rings. The standard InChI is InChI=1S/C27H31F2N8/c1-15(2)37-17(4)32-26-20(28)10-19(11-23(26)37)25-21(29)12-31-27(35-25)34-24-7-6-18-14-36(13-16(3)30-5)9-8-22(18)33-24/h6-7,10-13,15-16,30H,8-9,14H2,1-5H3,(H,31,33,34,35)/t16-/m1/s1. The van der Waals surface area contributed by atoms with E-state index in [0.29, 0.717) is 28.8 Å². The van der Waals surface area contributed by atoms with Crippen LogP contribution in [0.3, 0.4) is 0 Å². The van der Waals surface area contributed by atoms with Gasteiger partial charge in [0.2, 0.25) is 5.95 Å². The Hall–Kier alpha value is -3.50. The third-order valence-corrected chi connectivity index (χ3v) is 6.67. The molecule has 0 bridgehead atoms. The number of pyridine rings is 1. The van der Waals surface area contributed by atoms with Crippen LogP contribution in [0.15, 0.2) is 30.5 Å². The summed E-state index contributed by atoms with van der Waals surface area (Å²) in [5.41, 5.74) is 3.37. The molecule has 37 heavy (non-hydrogen) atoms. The van der Waals surface area contributed by atoms with Crippen LogP contribution >= 0.6 is 0 Å². The van der Waals surface area contributed by atoms with Crippen molar-refractivity contribution in [2.75, 3.05) is 18.9 Å². The molecule has 0 aliphatic carbocycles. The van der Waals surface area contributed by atoms with Crippen molar-refractivity contribution in [1.29, 1.82) is 0 Å². The van der Waals surface area contributed by atoms with Gasteiger partial charge in [-0.25, -0.2) is 28.7 Å². The van der Waals surface area contributed by atoms with E-state index < -0.39 is 11.6 Å². The Labute approximate surface area is 215 Å². The van der Waals surface area contributed by atoms with E-state index >= 15 is 0 Å². The summed E-state index contributed by atoms with van der Waals surface area (Å²) >= 11 is 0. The minimum atomic E-state index is -0.637. The van der Waals surface area contributed by atoms with Crippen LogP contribution in [-0.4, -0.2) is 49.0 Å². The van der Waals surface area contributed by atoms with Gasteiger partial charge in [-0.2, -0.15) is 0 Å². The summed E-state index contributed by atoms with van der Waals surface area (Å²) in [7, 11) is 1.94. The number of nitrogens with zero attached hydrogens (tertiary/aromatic N) is 6. The summed E-state index contributed by atoms with van der Waals surface area (Å²) in [4.78, 5) is 19.9. The number of aromatic nitrogens is 5. The normalized spacial score (nSPS) is 14.8. The van der Waals surface area contributed by atoms with E-state index in [2.05, 4.69) is 44.0 Å². The highest BCUT2D eigenvalue weighted by atomic mass is 19.1. The van der Waals surface area contributed by atoms with Gasteiger partial charge in [0.1, 0.15) is 22.9 Å². The Morgan fingerprint density at radius 1 is 1.05 bits per heavy atom. The lowest BCUT2D eigenvalue weighted by Crippen LogP contribution is -2.36. The zero-order valence-electron chi connectivity index (χ0n) is 21.7. The molecule has 193 valence electrons. The average molecular weight is 506 g/mol. The summed E-state index contributed by atoms with van der Waals surface area (Å²) in [6, 6.07) is 7.26. The Kier molecular flexibility index (Phi) is 6.87. The number of nitrogens with one attached hydrogen (secondary N) is 2. The van der Waals surface area contributed by atoms with Crippen LogP contribution in [0.5, 0.6) is 0 Å². The first-order chi connectivity index (χ1) is 17.7. The van der Waals surface area contributed by atoms with Crippen LogP contribution in [0.25, 0.3) is 22.3 Å². The van der Waals surface area contributed by atoms with Crippen molar-refractivity contribution in [1.82, 2.24) is 34.7 Å². The Morgan fingerprint density at radius 3 is 2.62 bits per heavy atom. The van der Waals surface area contributed by atoms with Gasteiger partial charge in [0, 0.05) is 49.4 Å². The topological polar surface area (TPSA) is 83.8 Å². The molecule has 4 aromatic rings. The molecule has 0 saturated heterocycles. The van der Waals surface area contributed by atoms with E-state index in [9.17, 15) is 8.78 Å². The van der Waals surface area contributed by atoms with Crippen LogP contribution in [0.1, 0.15) is 43.9 Å². The van der Waals surface area contributed by atoms with Crippen LogP contribution in [0.4, 0.5) is 20.5 Å². The van der Waals surface area contributed by atoms with E-state index in [1.807, 2.05) is 44.5 Å². The second-order valence-electron chi connectivity index (χ2n) is 9.71. The number of likely N-dealkylation sites (N-methyl/N-ethyl adjacent to an activating group) is 1. The van der Waals surface area contributed by atoms with Crippen molar-refractivity contribution >= 4 is 22.8 Å². The fourth-order valence-electron chi connectivity index (χ4n) is 4.83. The second kappa shape index (κ2) is 10.1. The van der Waals surface area contributed by atoms with Crippen molar-refractivity contribution in [3.8, 4) is 11.3 Å². The Balaban J connectivity index is 1.42. The van der Waals surface area contributed by atoms with Crippen LogP contribution in [0, 0.1) is 25.1 Å². The molecule has 1 atom stereocenters. The van der Waals surface area contributed by atoms with E-state index in [1.54, 1.807) is 6.07 Å². The highest BCUT2D eigenvalue weighted by molar-refractivity contribution is 5.83. The monoisotopic (exact) mass is 505 g/mol. The molecule has 1 aromatic carbocycles. The number of hydrogen-bond acceptors (Lipinski definition) is 7. The first kappa shape index (κ1) is 25.2. The molecule has 1 radical (unpaired) electrons. The van der Waals surface area contributed by atoms with Gasteiger partial charge >= 0.3 is 0 Å². The van der Waals surface area contributed by atoms with Crippen molar-refractivity contribution in [2.45, 2.75) is 52.7 Å². The maximum Gasteiger partial charge on any atom is 0.229 e. The van der Waals surface area contributed by atoms with Crippen molar-refractivity contribution in [3.05, 3.63) is 65.7 Å². The van der Waals surface area contributed by atoms with Crippen molar-refractivity contribution < 1.29 is 8.78 Å². The predicted octanol–water partition coefficient (Wildman–Crippen LogP) is 4.93. The highest BCUT2D eigenvalue weighted by Crippen LogP contribution is 2.30. The molecule has 2 N–H and O–H groups in total. The summed E-state index contributed by atoms with van der Waals surface area (Å²) in [6.07, 6.45) is 1.91. The lowest BCUT2D eigenvalue weighted by Gasteiger charge is -2.29. The molecule has 1 aliphatic heterocycles. The van der Waals surface area contributed by atoms with Gasteiger partial charge in [-0.05, 0) is 58.5 Å². The maximum absolute atomic E-state index is 15.0. The summed E-state index contributed by atoms with van der Waals surface area (Å²) < 4.78 is 31.7. The van der Waals surface area contributed by atoms with Crippen molar-refractivity contribution in [2.24, 2.45) is 0 Å². The lowest BCUT2D eigenvalue weighted by molar-refractivity contribution is 0.285. The number of aryl methyl sites for hydroxylation is 1. The molecule has 8 nitrogen and oxygen atoms in total. The Morgan fingerprint density at radius 2 is 1.86 bits per heavy atom. The largest absolute Gasteiger partial charge is 0.326 e. The highest BCUT2D eigenvalue weighted by Gasteiger charge is 2.21. The van der Waals surface area contributed by atoms with E-state index in [0.717, 1.165) is 37.0 Å². The van der Waals surface area contributed by atoms with Crippen LogP contribution < -0.4 is 10.6 Å². The van der Waals surface area contributed by atoms with Gasteiger partial charge in [-0.3, -0.25) is 4.90 Å². The Bertz CT molecular complexity index is 1450. The summed E-state index contributed by atoms with van der Waals surface area (Å²) in [5, 5.41) is 6.31. The first-order valence-corrected chi connectivity index (χ1v) is 12.5. The summed E-state index contributed by atoms with van der Waals surface area (Å²) in [6.45, 7) is 11.8. The van der Waals surface area contributed by atoms with E-state index in [1.165, 1.54) is 6.07 Å². The molecule has 4 heterocycles. The van der Waals surface area contributed by atoms with Crippen molar-refractivity contribution in [3.63, 3.8) is 0 Å². The number of fused-ring (bicyclic) bond motifs is 2. The molecule has 0 spiro atoms. The fourth-order valence-corrected chi connectivity index (χ4v) is 4.83. The quantitative estimate of drug-likeness (QED) is 0.369. The molecule has 5 rings (SSSR count). The number of rotatable bonds is 7. The predicted molar refractivity (Wildman–Crippen MR) is 140 cm³/mol. The van der Waals surface area contributed by atoms with Gasteiger partial charge in [-0.15, -0.1) is 0 Å². The van der Waals surface area contributed by atoms with E-state index in [-0.39, 0.29) is 23.2 Å². The SMILES string of the molecule is CN[C@H](C)[CH]N1CCc2nc(Nc3ncc(F)c(-c4cc(F)c5nc(C)n(C(C)C)c5c4)n3)ccc2C1. The lowest BCUT2D eigenvalue weighted by atomic mass is 10.1. The van der Waals surface area contributed by atoms with Gasteiger partial charge in [-0.1, -0.05) is 6.07 Å². The van der Waals surface area contributed by atoms with Gasteiger partial charge in [0.25, 0.3) is 0 Å². The second-order valence-corrected chi connectivity index (χ2v) is 9.71. The van der Waals surface area contributed by atoms with Gasteiger partial charge in [0.05, 0.1) is 11.7 Å². The smallest absolute Gasteiger partial charge is 0.229 e. The third kappa shape index (κ3) is 5.03. The third-order valence-electron chi connectivity index (χ3n) is 6.67. The average Bonchev–Trinajstić information content (AvgIpc) is 3.21. The zero-order valence-corrected chi connectivity index (χ0v) is 21.7. The molecule has 3 aromatic heterocycles. The molecular weight excluding hydrogens is 474 g/mol. The molecular formula is C27H31F2N8. The molecule has 0 unspecified atom stereocenters. The minimum absolute atomic E-state index is 0.00949. The van der Waals surface area contributed by atoms with E-state index in [4.69, 9.17) is 4.98 Å². The minimum Gasteiger partial charge on any atom is -0.326 e. The number of anilines is 2. The molecule has 0 saturated carbocycles. The zero-order chi connectivity index (χ0) is 26.3. The maximum atomic E-state index is 15.0. The van der Waals surface area contributed by atoms with Crippen LogP contribution in [-0.2, 0) is 13.0 Å². The fraction of sp³-hybridized carbons (Fsp3) is 0.370. The number of imidazole rings is 1. The first-order valence-electron chi connectivity index (χ1n) is 12.5. The summed E-state index contributed by atoms with van der Waals surface area (Å²) in [5.74, 6) is 0.304. The number of benzene rings is 1. The van der Waals surface area contributed by atoms with Gasteiger partial charge < -0.3 is 15.2 Å². The number of halogens is 2. The molecule has 0 amide bonds. The van der Waals surface area contributed by atoms with Gasteiger partial charge in [0.15, 0.2) is 11.6 Å². The van der Waals surface area contributed by atoms with Crippen LogP contribution in [0.2, 0.25) is 0 Å². The molecule has 0 fully saturated rings. The number of hydrogen-bond donors (Lipinski definition) is 2. The molecule has 10 heteroatoms.